The van der Waals surface area contributed by atoms with E-state index in [1.54, 1.807) is 32.1 Å². The summed E-state index contributed by atoms with van der Waals surface area (Å²) in [7, 11) is 0. The molecule has 0 saturated heterocycles. The van der Waals surface area contributed by atoms with Gasteiger partial charge in [0.25, 0.3) is 0 Å². The van der Waals surface area contributed by atoms with Gasteiger partial charge in [0.05, 0.1) is 4.92 Å². The SMILES string of the molecule is Cc1nn(C(C)C(=O)NCCc2cccs2)c(C)c1[N+](=O)[O-]. The zero-order valence-corrected chi connectivity index (χ0v) is 13.5. The fourth-order valence-corrected chi connectivity index (χ4v) is 3.03. The predicted molar refractivity (Wildman–Crippen MR) is 84.1 cm³/mol. The van der Waals surface area contributed by atoms with Gasteiger partial charge in [0.15, 0.2) is 0 Å². The highest BCUT2D eigenvalue weighted by molar-refractivity contribution is 7.09. The lowest BCUT2D eigenvalue weighted by Gasteiger charge is -2.13. The van der Waals surface area contributed by atoms with Gasteiger partial charge >= 0.3 is 5.69 Å². The van der Waals surface area contributed by atoms with Gasteiger partial charge < -0.3 is 5.32 Å². The third-order valence-electron chi connectivity index (χ3n) is 3.47. The van der Waals surface area contributed by atoms with Gasteiger partial charge in [-0.3, -0.25) is 19.6 Å². The minimum absolute atomic E-state index is 0.0294. The maximum absolute atomic E-state index is 12.2. The number of hydrogen-bond acceptors (Lipinski definition) is 5. The van der Waals surface area contributed by atoms with Crippen molar-refractivity contribution in [3.8, 4) is 0 Å². The van der Waals surface area contributed by atoms with Crippen LogP contribution in [0.25, 0.3) is 0 Å². The topological polar surface area (TPSA) is 90.1 Å². The number of carbonyl (C=O) groups is 1. The van der Waals surface area contributed by atoms with Crippen LogP contribution in [0, 0.1) is 24.0 Å². The van der Waals surface area contributed by atoms with Crippen molar-refractivity contribution in [2.24, 2.45) is 0 Å². The maximum Gasteiger partial charge on any atom is 0.312 e. The van der Waals surface area contributed by atoms with Crippen LogP contribution in [0.1, 0.15) is 29.2 Å². The quantitative estimate of drug-likeness (QED) is 0.653. The first-order chi connectivity index (χ1) is 10.4. The number of nitro groups is 1. The summed E-state index contributed by atoms with van der Waals surface area (Å²) >= 11 is 1.65. The minimum Gasteiger partial charge on any atom is -0.354 e. The minimum atomic E-state index is -0.587. The van der Waals surface area contributed by atoms with Crippen LogP contribution in [-0.4, -0.2) is 27.2 Å². The molecule has 7 nitrogen and oxygen atoms in total. The van der Waals surface area contributed by atoms with E-state index in [1.807, 2.05) is 17.5 Å². The second-order valence-electron chi connectivity index (χ2n) is 5.02. The first-order valence-corrected chi connectivity index (χ1v) is 7.80. The summed E-state index contributed by atoms with van der Waals surface area (Å²) in [6.07, 6.45) is 0.771. The monoisotopic (exact) mass is 322 g/mol. The maximum atomic E-state index is 12.2. The summed E-state index contributed by atoms with van der Waals surface area (Å²) in [5.41, 5.74) is 0.683. The van der Waals surface area contributed by atoms with Gasteiger partial charge in [0, 0.05) is 11.4 Å². The second-order valence-corrected chi connectivity index (χ2v) is 6.05. The molecule has 0 aliphatic carbocycles. The lowest BCUT2D eigenvalue weighted by atomic mass is 10.2. The molecule has 1 atom stereocenters. The molecule has 0 bridgehead atoms. The number of carbonyl (C=O) groups excluding carboxylic acids is 1. The summed E-state index contributed by atoms with van der Waals surface area (Å²) in [5, 5.41) is 20.0. The molecule has 2 rings (SSSR count). The Balaban J connectivity index is 2.01. The van der Waals surface area contributed by atoms with E-state index < -0.39 is 11.0 Å². The van der Waals surface area contributed by atoms with E-state index in [-0.39, 0.29) is 11.6 Å². The van der Waals surface area contributed by atoms with Gasteiger partial charge in [0.1, 0.15) is 17.4 Å². The van der Waals surface area contributed by atoms with E-state index in [2.05, 4.69) is 10.4 Å². The Morgan fingerprint density at radius 3 is 2.82 bits per heavy atom. The number of aryl methyl sites for hydroxylation is 1. The molecule has 1 N–H and O–H groups in total. The molecule has 1 unspecified atom stereocenters. The molecule has 0 aliphatic rings. The Hall–Kier alpha value is -2.22. The molecular weight excluding hydrogens is 304 g/mol. The number of aromatic nitrogens is 2. The van der Waals surface area contributed by atoms with Crippen LogP contribution in [0.15, 0.2) is 17.5 Å². The normalized spacial score (nSPS) is 12.1. The van der Waals surface area contributed by atoms with Crippen molar-refractivity contribution in [3.05, 3.63) is 43.9 Å². The van der Waals surface area contributed by atoms with Crippen molar-refractivity contribution in [1.82, 2.24) is 15.1 Å². The van der Waals surface area contributed by atoms with Crippen molar-refractivity contribution in [3.63, 3.8) is 0 Å². The smallest absolute Gasteiger partial charge is 0.312 e. The second kappa shape index (κ2) is 6.69. The number of thiophene rings is 1. The average molecular weight is 322 g/mol. The third-order valence-corrected chi connectivity index (χ3v) is 4.40. The van der Waals surface area contributed by atoms with Crippen LogP contribution in [0.5, 0.6) is 0 Å². The first-order valence-electron chi connectivity index (χ1n) is 6.92. The average Bonchev–Trinajstić information content (AvgIpc) is 3.05. The first kappa shape index (κ1) is 16.2. The highest BCUT2D eigenvalue weighted by Crippen LogP contribution is 2.24. The summed E-state index contributed by atoms with van der Waals surface area (Å²) in [6.45, 7) is 5.39. The van der Waals surface area contributed by atoms with Crippen LogP contribution >= 0.6 is 11.3 Å². The third kappa shape index (κ3) is 3.33. The highest BCUT2D eigenvalue weighted by Gasteiger charge is 2.26. The Morgan fingerprint density at radius 1 is 1.55 bits per heavy atom. The molecule has 0 aromatic carbocycles. The molecule has 0 radical (unpaired) electrons. The molecule has 0 fully saturated rings. The lowest BCUT2D eigenvalue weighted by Crippen LogP contribution is -2.33. The predicted octanol–water partition coefficient (Wildman–Crippen LogP) is 2.39. The van der Waals surface area contributed by atoms with E-state index in [4.69, 9.17) is 0 Å². The molecule has 2 aromatic rings. The lowest BCUT2D eigenvalue weighted by molar-refractivity contribution is -0.386. The molecule has 1 amide bonds. The van der Waals surface area contributed by atoms with Crippen molar-refractivity contribution in [2.75, 3.05) is 6.54 Å². The Bertz CT molecular complexity index is 679. The molecule has 2 heterocycles. The fraction of sp³-hybridized carbons (Fsp3) is 0.429. The van der Waals surface area contributed by atoms with Gasteiger partial charge in [-0.15, -0.1) is 11.3 Å². The van der Waals surface area contributed by atoms with E-state index in [0.717, 1.165) is 6.42 Å². The highest BCUT2D eigenvalue weighted by atomic mass is 32.1. The number of nitrogens with one attached hydrogen (secondary N) is 1. The van der Waals surface area contributed by atoms with Crippen molar-refractivity contribution >= 4 is 22.9 Å². The molecule has 0 aliphatic heterocycles. The van der Waals surface area contributed by atoms with Crippen LogP contribution in [-0.2, 0) is 11.2 Å². The summed E-state index contributed by atoms with van der Waals surface area (Å²) in [6, 6.07) is 3.40. The number of hydrogen-bond donors (Lipinski definition) is 1. The van der Waals surface area contributed by atoms with Gasteiger partial charge in [-0.05, 0) is 38.6 Å². The summed E-state index contributed by atoms with van der Waals surface area (Å²) in [4.78, 5) is 23.9. The van der Waals surface area contributed by atoms with Gasteiger partial charge in [-0.25, -0.2) is 0 Å². The van der Waals surface area contributed by atoms with Crippen LogP contribution in [0.3, 0.4) is 0 Å². The summed E-state index contributed by atoms with van der Waals surface area (Å²) in [5.74, 6) is -0.197. The zero-order valence-electron chi connectivity index (χ0n) is 12.7. The molecule has 118 valence electrons. The Labute approximate surface area is 132 Å². The molecule has 2 aromatic heterocycles. The number of nitrogens with zero attached hydrogens (tertiary/aromatic N) is 3. The van der Waals surface area contributed by atoms with E-state index >= 15 is 0 Å². The Morgan fingerprint density at radius 2 is 2.27 bits per heavy atom. The zero-order chi connectivity index (χ0) is 16.3. The van der Waals surface area contributed by atoms with Gasteiger partial charge in [-0.2, -0.15) is 5.10 Å². The summed E-state index contributed by atoms with van der Waals surface area (Å²) < 4.78 is 1.41. The van der Waals surface area contributed by atoms with Crippen molar-refractivity contribution in [1.29, 1.82) is 0 Å². The van der Waals surface area contributed by atoms with Gasteiger partial charge in [0.2, 0.25) is 5.91 Å². The molecule has 8 heteroatoms. The van der Waals surface area contributed by atoms with Crippen LogP contribution in [0.4, 0.5) is 5.69 Å². The van der Waals surface area contributed by atoms with Crippen molar-refractivity contribution < 1.29 is 9.72 Å². The van der Waals surface area contributed by atoms with Gasteiger partial charge in [-0.1, -0.05) is 6.07 Å². The molecule has 22 heavy (non-hydrogen) atoms. The Kier molecular flexibility index (Phi) is 4.92. The molecule has 0 spiro atoms. The van der Waals surface area contributed by atoms with Crippen LogP contribution in [0.2, 0.25) is 0 Å². The van der Waals surface area contributed by atoms with Crippen LogP contribution < -0.4 is 5.32 Å². The van der Waals surface area contributed by atoms with E-state index in [1.165, 1.54) is 9.56 Å². The standard InChI is InChI=1S/C14H18N4O3S/c1-9-13(18(20)21)10(2)17(16-9)11(3)14(19)15-7-6-12-5-4-8-22-12/h4-5,8,11H,6-7H2,1-3H3,(H,15,19). The van der Waals surface area contributed by atoms with Crippen molar-refractivity contribution in [2.45, 2.75) is 33.2 Å². The van der Waals surface area contributed by atoms with E-state index in [9.17, 15) is 14.9 Å². The fourth-order valence-electron chi connectivity index (χ4n) is 2.32. The molecular formula is C14H18N4O3S. The number of rotatable bonds is 6. The number of amides is 1. The molecule has 0 saturated carbocycles. The largest absolute Gasteiger partial charge is 0.354 e. The van der Waals surface area contributed by atoms with E-state index in [0.29, 0.717) is 17.9 Å².